The van der Waals surface area contributed by atoms with E-state index in [0.717, 1.165) is 25.1 Å². The second-order valence-electron chi connectivity index (χ2n) is 5.64. The molecular weight excluding hydrogens is 296 g/mol. The molecule has 1 atom stereocenters. The Labute approximate surface area is 134 Å². The second-order valence-corrected chi connectivity index (χ2v) is 6.64. The van der Waals surface area contributed by atoms with Gasteiger partial charge in [-0.2, -0.15) is 0 Å². The molecule has 2 heterocycles. The maximum atomic E-state index is 12.3. The van der Waals surface area contributed by atoms with E-state index in [-0.39, 0.29) is 5.91 Å². The molecule has 0 radical (unpaired) electrons. The zero-order valence-corrected chi connectivity index (χ0v) is 13.4. The van der Waals surface area contributed by atoms with E-state index in [2.05, 4.69) is 21.7 Å². The van der Waals surface area contributed by atoms with Crippen molar-refractivity contribution in [1.29, 1.82) is 0 Å². The number of fused-ring (bicyclic) bond motifs is 1. The third-order valence-corrected chi connectivity index (χ3v) is 4.96. The number of benzene rings is 1. The van der Waals surface area contributed by atoms with Crippen molar-refractivity contribution < 1.29 is 9.90 Å². The van der Waals surface area contributed by atoms with Crippen LogP contribution in [-0.4, -0.2) is 29.0 Å². The van der Waals surface area contributed by atoms with Crippen molar-refractivity contribution in [2.45, 2.75) is 26.0 Å². The summed E-state index contributed by atoms with van der Waals surface area (Å²) in [5.74, 6) is -0.0354. The van der Waals surface area contributed by atoms with Crippen LogP contribution in [0.15, 0.2) is 35.7 Å². The predicted octanol–water partition coefficient (Wildman–Crippen LogP) is 2.80. The van der Waals surface area contributed by atoms with E-state index in [4.69, 9.17) is 0 Å². The van der Waals surface area contributed by atoms with Gasteiger partial charge in [-0.1, -0.05) is 18.2 Å². The maximum absolute atomic E-state index is 12.3. The summed E-state index contributed by atoms with van der Waals surface area (Å²) in [5, 5.41) is 14.8. The minimum Gasteiger partial charge on any atom is -0.389 e. The van der Waals surface area contributed by atoms with Gasteiger partial charge in [-0.25, -0.2) is 0 Å². The molecule has 0 fully saturated rings. The van der Waals surface area contributed by atoms with Crippen molar-refractivity contribution >= 4 is 22.9 Å². The quantitative estimate of drug-likeness (QED) is 0.912. The van der Waals surface area contributed by atoms with E-state index >= 15 is 0 Å². The molecule has 0 saturated heterocycles. The largest absolute Gasteiger partial charge is 0.389 e. The topological polar surface area (TPSA) is 52.6 Å². The lowest BCUT2D eigenvalue weighted by atomic mass is 10.1. The van der Waals surface area contributed by atoms with E-state index in [1.807, 2.05) is 24.3 Å². The Bertz CT molecular complexity index is 666. The molecule has 0 unspecified atom stereocenters. The van der Waals surface area contributed by atoms with Crippen LogP contribution in [0.2, 0.25) is 0 Å². The molecule has 0 bridgehead atoms. The van der Waals surface area contributed by atoms with Crippen LogP contribution in [0.1, 0.15) is 29.0 Å². The van der Waals surface area contributed by atoms with Gasteiger partial charge in [0.05, 0.1) is 12.6 Å². The third kappa shape index (κ3) is 3.38. The van der Waals surface area contributed by atoms with Crippen molar-refractivity contribution in [3.05, 3.63) is 51.7 Å². The highest BCUT2D eigenvalue weighted by Crippen LogP contribution is 2.24. The third-order valence-electron chi connectivity index (χ3n) is 3.94. The fourth-order valence-electron chi connectivity index (χ4n) is 2.81. The van der Waals surface area contributed by atoms with Crippen LogP contribution in [0.3, 0.4) is 0 Å². The van der Waals surface area contributed by atoms with Gasteiger partial charge in [0.25, 0.3) is 0 Å². The van der Waals surface area contributed by atoms with Crippen molar-refractivity contribution in [2.24, 2.45) is 0 Å². The number of hydrogen-bond acceptors (Lipinski definition) is 4. The fourth-order valence-corrected chi connectivity index (χ4v) is 3.70. The number of aliphatic hydroxyl groups excluding tert-OH is 1. The smallest absolute Gasteiger partial charge is 0.238 e. The van der Waals surface area contributed by atoms with E-state index in [1.54, 1.807) is 18.3 Å². The summed E-state index contributed by atoms with van der Waals surface area (Å²) in [7, 11) is 0. The molecule has 2 N–H and O–H groups in total. The molecule has 1 aromatic heterocycles. The van der Waals surface area contributed by atoms with Crippen molar-refractivity contribution in [3.63, 3.8) is 0 Å². The van der Waals surface area contributed by atoms with E-state index in [1.165, 1.54) is 10.4 Å². The fraction of sp³-hybridized carbons (Fsp3) is 0.353. The summed E-state index contributed by atoms with van der Waals surface area (Å²) in [6, 6.07) is 9.53. The summed E-state index contributed by atoms with van der Waals surface area (Å²) in [6.07, 6.45) is 0.421. The van der Waals surface area contributed by atoms with Crippen LogP contribution >= 0.6 is 11.3 Å². The van der Waals surface area contributed by atoms with Gasteiger partial charge in [0, 0.05) is 29.2 Å². The first-order chi connectivity index (χ1) is 10.6. The molecule has 4 nitrogen and oxygen atoms in total. The Balaban J connectivity index is 1.62. The summed E-state index contributed by atoms with van der Waals surface area (Å²) in [5.41, 5.74) is 2.78. The normalized spacial score (nSPS) is 16.1. The molecule has 0 saturated carbocycles. The molecule has 2 aromatic rings. The SMILES string of the molecule is C[C@H](O)c1ccccc1NC(=O)CN1CCc2sccc2C1. The van der Waals surface area contributed by atoms with Gasteiger partial charge >= 0.3 is 0 Å². The summed E-state index contributed by atoms with van der Waals surface area (Å²) < 4.78 is 0. The van der Waals surface area contributed by atoms with Gasteiger partial charge in [-0.05, 0) is 36.4 Å². The van der Waals surface area contributed by atoms with Gasteiger partial charge in [-0.15, -0.1) is 11.3 Å². The first-order valence-corrected chi connectivity index (χ1v) is 8.36. The summed E-state index contributed by atoms with van der Waals surface area (Å²) in [4.78, 5) is 15.9. The van der Waals surface area contributed by atoms with E-state index in [0.29, 0.717) is 12.2 Å². The maximum Gasteiger partial charge on any atom is 0.238 e. The van der Waals surface area contributed by atoms with Crippen LogP contribution in [0.5, 0.6) is 0 Å². The average Bonchev–Trinajstić information content (AvgIpc) is 2.95. The minimum absolute atomic E-state index is 0.0354. The number of anilines is 1. The number of para-hydroxylation sites is 1. The molecule has 1 aromatic carbocycles. The van der Waals surface area contributed by atoms with Gasteiger partial charge < -0.3 is 10.4 Å². The van der Waals surface area contributed by atoms with E-state index < -0.39 is 6.10 Å². The van der Waals surface area contributed by atoms with Crippen molar-refractivity contribution in [1.82, 2.24) is 4.90 Å². The number of aliphatic hydroxyl groups is 1. The molecule has 116 valence electrons. The molecular formula is C17H20N2O2S. The Morgan fingerprint density at radius 2 is 2.23 bits per heavy atom. The first-order valence-electron chi connectivity index (χ1n) is 7.48. The van der Waals surface area contributed by atoms with E-state index in [9.17, 15) is 9.90 Å². The standard InChI is InChI=1S/C17H20N2O2S/c1-12(20)14-4-2-3-5-15(14)18-17(21)11-19-8-6-16-13(10-19)7-9-22-16/h2-5,7,9,12,20H,6,8,10-11H2,1H3,(H,18,21)/t12-/m0/s1. The van der Waals surface area contributed by atoms with Crippen LogP contribution < -0.4 is 5.32 Å². The number of nitrogens with zero attached hydrogens (tertiary/aromatic N) is 1. The Kier molecular flexibility index (Phi) is 4.57. The number of amides is 1. The summed E-state index contributed by atoms with van der Waals surface area (Å²) in [6.45, 7) is 3.83. The van der Waals surface area contributed by atoms with Crippen molar-refractivity contribution in [2.75, 3.05) is 18.4 Å². The van der Waals surface area contributed by atoms with Crippen LogP contribution in [0.4, 0.5) is 5.69 Å². The Hall–Kier alpha value is -1.69. The zero-order valence-electron chi connectivity index (χ0n) is 12.6. The molecule has 0 aliphatic carbocycles. The first kappa shape index (κ1) is 15.2. The van der Waals surface area contributed by atoms with Crippen molar-refractivity contribution in [3.8, 4) is 0 Å². The number of hydrogen-bond donors (Lipinski definition) is 2. The highest BCUT2D eigenvalue weighted by Gasteiger charge is 2.19. The van der Waals surface area contributed by atoms with Gasteiger partial charge in [0.1, 0.15) is 0 Å². The number of thiophene rings is 1. The molecule has 1 aliphatic heterocycles. The Morgan fingerprint density at radius 1 is 1.41 bits per heavy atom. The van der Waals surface area contributed by atoms with Gasteiger partial charge in [-0.3, -0.25) is 9.69 Å². The number of carbonyl (C=O) groups excluding carboxylic acids is 1. The zero-order chi connectivity index (χ0) is 15.5. The number of rotatable bonds is 4. The minimum atomic E-state index is -0.597. The van der Waals surface area contributed by atoms with Crippen LogP contribution in [0, 0.1) is 0 Å². The molecule has 5 heteroatoms. The van der Waals surface area contributed by atoms with Crippen LogP contribution in [-0.2, 0) is 17.8 Å². The predicted molar refractivity (Wildman–Crippen MR) is 89.0 cm³/mol. The second kappa shape index (κ2) is 6.60. The highest BCUT2D eigenvalue weighted by molar-refractivity contribution is 7.10. The highest BCUT2D eigenvalue weighted by atomic mass is 32.1. The number of carbonyl (C=O) groups is 1. The molecule has 1 amide bonds. The van der Waals surface area contributed by atoms with Crippen LogP contribution in [0.25, 0.3) is 0 Å². The summed E-state index contributed by atoms with van der Waals surface area (Å²) >= 11 is 1.80. The molecule has 1 aliphatic rings. The lowest BCUT2D eigenvalue weighted by Gasteiger charge is -2.26. The Morgan fingerprint density at radius 3 is 3.05 bits per heavy atom. The lowest BCUT2D eigenvalue weighted by Crippen LogP contribution is -2.36. The monoisotopic (exact) mass is 316 g/mol. The van der Waals surface area contributed by atoms with Gasteiger partial charge in [0.15, 0.2) is 0 Å². The molecule has 3 rings (SSSR count). The molecule has 0 spiro atoms. The average molecular weight is 316 g/mol. The number of nitrogens with one attached hydrogen (secondary N) is 1. The lowest BCUT2D eigenvalue weighted by molar-refractivity contribution is -0.117. The van der Waals surface area contributed by atoms with Gasteiger partial charge in [0.2, 0.25) is 5.91 Å². The molecule has 22 heavy (non-hydrogen) atoms.